The highest BCUT2D eigenvalue weighted by Crippen LogP contribution is 2.25. The predicted octanol–water partition coefficient (Wildman–Crippen LogP) is 3.41. The van der Waals surface area contributed by atoms with Crippen molar-refractivity contribution in [1.82, 2.24) is 14.7 Å². The predicted molar refractivity (Wildman–Crippen MR) is 119 cm³/mol. The van der Waals surface area contributed by atoms with E-state index in [1.54, 1.807) is 31.3 Å². The van der Waals surface area contributed by atoms with Crippen molar-refractivity contribution in [1.29, 1.82) is 0 Å². The van der Waals surface area contributed by atoms with Gasteiger partial charge in [0, 0.05) is 24.5 Å². The van der Waals surface area contributed by atoms with E-state index >= 15 is 0 Å². The van der Waals surface area contributed by atoms with Crippen LogP contribution >= 0.6 is 15.9 Å². The molecule has 1 atom stereocenters. The Morgan fingerprint density at radius 3 is 2.62 bits per heavy atom. The average molecular weight is 486 g/mol. The molecule has 0 aliphatic carbocycles. The molecule has 0 aliphatic heterocycles. The number of nitrogens with zero attached hydrogens (tertiary/aromatic N) is 2. The number of halogens is 1. The normalized spacial score (nSPS) is 12.8. The Kier molecular flexibility index (Phi) is 8.38. The molecular formula is C19H28BrN5O3S. The SMILES string of the molecule is Cc1ccc(Nc2ncc(Br)c(N[C@H](C)CO)n2)cc1S(=O)(=O)NCCC(C)C. The van der Waals surface area contributed by atoms with Crippen molar-refractivity contribution in [3.63, 3.8) is 0 Å². The summed E-state index contributed by atoms with van der Waals surface area (Å²) in [5.74, 6) is 1.25. The molecule has 4 N–H and O–H groups in total. The molecular weight excluding hydrogens is 458 g/mol. The maximum atomic E-state index is 12.7. The molecule has 2 aromatic rings. The average Bonchev–Trinajstić information content (AvgIpc) is 2.65. The van der Waals surface area contributed by atoms with E-state index in [0.717, 1.165) is 6.42 Å². The zero-order valence-electron chi connectivity index (χ0n) is 17.0. The molecule has 1 heterocycles. The largest absolute Gasteiger partial charge is 0.394 e. The first kappa shape index (κ1) is 23.5. The lowest BCUT2D eigenvalue weighted by molar-refractivity contribution is 0.281. The summed E-state index contributed by atoms with van der Waals surface area (Å²) in [7, 11) is -3.61. The third-order valence-corrected chi connectivity index (χ3v) is 6.33. The first-order valence-corrected chi connectivity index (χ1v) is 11.7. The van der Waals surface area contributed by atoms with E-state index in [0.29, 0.717) is 40.0 Å². The molecule has 10 heteroatoms. The van der Waals surface area contributed by atoms with E-state index in [1.807, 2.05) is 20.8 Å². The van der Waals surface area contributed by atoms with E-state index in [9.17, 15) is 13.5 Å². The fourth-order valence-corrected chi connectivity index (χ4v) is 4.09. The zero-order valence-corrected chi connectivity index (χ0v) is 19.4. The van der Waals surface area contributed by atoms with Crippen LogP contribution in [0.4, 0.5) is 17.5 Å². The van der Waals surface area contributed by atoms with Gasteiger partial charge in [0.25, 0.3) is 0 Å². The highest BCUT2D eigenvalue weighted by Gasteiger charge is 2.17. The Morgan fingerprint density at radius 2 is 1.97 bits per heavy atom. The van der Waals surface area contributed by atoms with E-state index in [1.165, 1.54) is 0 Å². The molecule has 0 saturated carbocycles. The van der Waals surface area contributed by atoms with Crippen molar-refractivity contribution < 1.29 is 13.5 Å². The summed E-state index contributed by atoms with van der Waals surface area (Å²) >= 11 is 3.37. The Morgan fingerprint density at radius 1 is 1.24 bits per heavy atom. The molecule has 1 aromatic carbocycles. The summed E-state index contributed by atoms with van der Waals surface area (Å²) in [4.78, 5) is 8.81. The Balaban J connectivity index is 2.23. The van der Waals surface area contributed by atoms with Crippen molar-refractivity contribution in [3.05, 3.63) is 34.4 Å². The van der Waals surface area contributed by atoms with Crippen LogP contribution in [0, 0.1) is 12.8 Å². The molecule has 0 unspecified atom stereocenters. The Bertz CT molecular complexity index is 937. The summed E-state index contributed by atoms with van der Waals surface area (Å²) < 4.78 is 28.7. The van der Waals surface area contributed by atoms with Crippen LogP contribution in [0.15, 0.2) is 33.8 Å². The molecule has 1 aromatic heterocycles. The fraction of sp³-hybridized carbons (Fsp3) is 0.474. The second-order valence-corrected chi connectivity index (χ2v) is 9.89. The van der Waals surface area contributed by atoms with Gasteiger partial charge in [-0.2, -0.15) is 4.98 Å². The first-order chi connectivity index (χ1) is 13.6. The summed E-state index contributed by atoms with van der Waals surface area (Å²) in [5, 5.41) is 15.3. The molecule has 2 rings (SSSR count). The van der Waals surface area contributed by atoms with Crippen molar-refractivity contribution >= 4 is 43.4 Å². The van der Waals surface area contributed by atoms with Gasteiger partial charge >= 0.3 is 0 Å². The number of nitrogens with one attached hydrogen (secondary N) is 3. The van der Waals surface area contributed by atoms with Crippen LogP contribution < -0.4 is 15.4 Å². The van der Waals surface area contributed by atoms with Crippen LogP contribution in [0.2, 0.25) is 0 Å². The van der Waals surface area contributed by atoms with Gasteiger partial charge in [-0.1, -0.05) is 19.9 Å². The summed E-state index contributed by atoms with van der Waals surface area (Å²) in [6.07, 6.45) is 2.35. The molecule has 0 spiro atoms. The van der Waals surface area contributed by atoms with Crippen molar-refractivity contribution in [2.45, 2.75) is 45.1 Å². The van der Waals surface area contributed by atoms with Crippen LogP contribution in [0.1, 0.15) is 32.8 Å². The van der Waals surface area contributed by atoms with Crippen LogP contribution in [0.3, 0.4) is 0 Å². The summed E-state index contributed by atoms with van der Waals surface area (Å²) in [6, 6.07) is 4.91. The highest BCUT2D eigenvalue weighted by atomic mass is 79.9. The van der Waals surface area contributed by atoms with Gasteiger partial charge in [0.2, 0.25) is 16.0 Å². The van der Waals surface area contributed by atoms with E-state index < -0.39 is 10.0 Å². The van der Waals surface area contributed by atoms with Crippen LogP contribution in [-0.2, 0) is 10.0 Å². The molecule has 0 bridgehead atoms. The lowest BCUT2D eigenvalue weighted by atomic mass is 10.1. The topological polar surface area (TPSA) is 116 Å². The second kappa shape index (κ2) is 10.3. The number of benzene rings is 1. The van der Waals surface area contributed by atoms with E-state index in [-0.39, 0.29) is 17.5 Å². The Labute approximate surface area is 180 Å². The number of aliphatic hydroxyl groups is 1. The van der Waals surface area contributed by atoms with Gasteiger partial charge in [-0.3, -0.25) is 0 Å². The van der Waals surface area contributed by atoms with Gasteiger partial charge in [-0.25, -0.2) is 18.1 Å². The molecule has 8 nitrogen and oxygen atoms in total. The standard InChI is InChI=1S/C19H28BrN5O3S/c1-12(2)7-8-22-29(27,28)17-9-15(6-5-13(17)3)24-19-21-10-16(20)18(25-19)23-14(4)11-26/h5-6,9-10,12,14,22,26H,7-8,11H2,1-4H3,(H2,21,23,24,25)/t14-/m1/s1. The maximum Gasteiger partial charge on any atom is 0.240 e. The third kappa shape index (κ3) is 6.91. The summed E-state index contributed by atoms with van der Waals surface area (Å²) in [6.45, 7) is 8.03. The summed E-state index contributed by atoms with van der Waals surface area (Å²) in [5.41, 5.74) is 1.21. The minimum atomic E-state index is -3.61. The lowest BCUT2D eigenvalue weighted by Crippen LogP contribution is -2.26. The Hall–Kier alpha value is -1.75. The molecule has 0 amide bonds. The van der Waals surface area contributed by atoms with Crippen molar-refractivity contribution in [3.8, 4) is 0 Å². The molecule has 0 saturated heterocycles. The molecule has 160 valence electrons. The number of hydrogen-bond acceptors (Lipinski definition) is 7. The van der Waals surface area contributed by atoms with Crippen LogP contribution in [0.25, 0.3) is 0 Å². The number of hydrogen-bond donors (Lipinski definition) is 4. The fourth-order valence-electron chi connectivity index (χ4n) is 2.46. The maximum absolute atomic E-state index is 12.7. The molecule has 29 heavy (non-hydrogen) atoms. The van der Waals surface area contributed by atoms with Gasteiger partial charge in [0.15, 0.2) is 0 Å². The molecule has 0 radical (unpaired) electrons. The zero-order chi connectivity index (χ0) is 21.6. The molecule has 0 aliphatic rings. The number of aromatic nitrogens is 2. The monoisotopic (exact) mass is 485 g/mol. The number of sulfonamides is 1. The minimum Gasteiger partial charge on any atom is -0.394 e. The van der Waals surface area contributed by atoms with Gasteiger partial charge in [0.1, 0.15) is 5.82 Å². The second-order valence-electron chi connectivity index (χ2n) is 7.30. The van der Waals surface area contributed by atoms with Crippen molar-refractivity contribution in [2.24, 2.45) is 5.92 Å². The number of aryl methyl sites for hydroxylation is 1. The molecule has 0 fully saturated rings. The van der Waals surface area contributed by atoms with E-state index in [4.69, 9.17) is 0 Å². The third-order valence-electron chi connectivity index (χ3n) is 4.15. The van der Waals surface area contributed by atoms with Crippen LogP contribution in [-0.4, -0.2) is 42.7 Å². The number of aliphatic hydroxyl groups excluding tert-OH is 1. The number of rotatable bonds is 10. The minimum absolute atomic E-state index is 0.0395. The van der Waals surface area contributed by atoms with Gasteiger partial charge in [-0.15, -0.1) is 0 Å². The van der Waals surface area contributed by atoms with Crippen LogP contribution in [0.5, 0.6) is 0 Å². The van der Waals surface area contributed by atoms with Gasteiger partial charge in [-0.05, 0) is 59.8 Å². The van der Waals surface area contributed by atoms with Crippen molar-refractivity contribution in [2.75, 3.05) is 23.8 Å². The quantitative estimate of drug-likeness (QED) is 0.407. The van der Waals surface area contributed by atoms with Gasteiger partial charge < -0.3 is 15.7 Å². The smallest absolute Gasteiger partial charge is 0.240 e. The highest BCUT2D eigenvalue weighted by molar-refractivity contribution is 9.10. The van der Waals surface area contributed by atoms with E-state index in [2.05, 4.69) is 41.3 Å². The lowest BCUT2D eigenvalue weighted by Gasteiger charge is -2.15. The first-order valence-electron chi connectivity index (χ1n) is 9.39. The number of anilines is 3. The van der Waals surface area contributed by atoms with Gasteiger partial charge in [0.05, 0.1) is 16.0 Å².